The molecule has 0 spiro atoms. The molecular weight excluding hydrogens is 320 g/mol. The third-order valence-corrected chi connectivity index (χ3v) is 5.18. The van der Waals surface area contributed by atoms with E-state index in [2.05, 4.69) is 11.7 Å². The number of esters is 1. The average molecular weight is 367 g/mol. The van der Waals surface area contributed by atoms with Crippen molar-refractivity contribution in [1.82, 2.24) is 0 Å². The van der Waals surface area contributed by atoms with Gasteiger partial charge in [-0.15, -0.1) is 0 Å². The van der Waals surface area contributed by atoms with Gasteiger partial charge in [-0.05, 0) is 12.8 Å². The average Bonchev–Trinajstić information content (AvgIpc) is 2.66. The minimum atomic E-state index is -0.243. The van der Waals surface area contributed by atoms with Crippen molar-refractivity contribution < 1.29 is 9.53 Å². The molecule has 2 heteroatoms. The van der Waals surface area contributed by atoms with Crippen molar-refractivity contribution in [3.8, 4) is 0 Å². The molecule has 0 atom stereocenters. The Balaban J connectivity index is 3.05. The van der Waals surface area contributed by atoms with Crippen molar-refractivity contribution in [2.75, 3.05) is 7.11 Å². The summed E-state index contributed by atoms with van der Waals surface area (Å²) < 4.78 is 4.57. The Labute approximate surface area is 164 Å². The van der Waals surface area contributed by atoms with Gasteiger partial charge in [0.25, 0.3) is 0 Å². The number of hydrogen-bond donors (Lipinski definition) is 0. The smallest absolute Gasteiger partial charge is 0.330 e. The highest BCUT2D eigenvalue weighted by Crippen LogP contribution is 2.14. The number of carbonyl (C=O) groups excluding carboxylic acids is 1. The normalized spacial score (nSPS) is 11.3. The molecule has 0 amide bonds. The Morgan fingerprint density at radius 1 is 0.615 bits per heavy atom. The van der Waals surface area contributed by atoms with Gasteiger partial charge in [0.05, 0.1) is 7.11 Å². The highest BCUT2D eigenvalue weighted by atomic mass is 16.5. The number of carbonyl (C=O) groups is 1. The van der Waals surface area contributed by atoms with Gasteiger partial charge in [0.1, 0.15) is 0 Å². The lowest BCUT2D eigenvalue weighted by atomic mass is 10.0. The van der Waals surface area contributed by atoms with Crippen LogP contribution in [0.15, 0.2) is 12.2 Å². The van der Waals surface area contributed by atoms with Crippen LogP contribution in [0.3, 0.4) is 0 Å². The maximum absolute atomic E-state index is 10.9. The van der Waals surface area contributed by atoms with Crippen LogP contribution in [-0.2, 0) is 9.53 Å². The fourth-order valence-corrected chi connectivity index (χ4v) is 3.41. The van der Waals surface area contributed by atoms with Crippen LogP contribution in [-0.4, -0.2) is 13.1 Å². The second kappa shape index (κ2) is 22.3. The van der Waals surface area contributed by atoms with Crippen molar-refractivity contribution in [2.45, 2.75) is 129 Å². The second-order valence-corrected chi connectivity index (χ2v) is 7.72. The van der Waals surface area contributed by atoms with Crippen LogP contribution in [0.4, 0.5) is 0 Å². The van der Waals surface area contributed by atoms with E-state index in [1.54, 1.807) is 0 Å². The van der Waals surface area contributed by atoms with Crippen LogP contribution in [0.1, 0.15) is 129 Å². The third kappa shape index (κ3) is 21.3. The third-order valence-electron chi connectivity index (χ3n) is 5.18. The lowest BCUT2D eigenvalue weighted by Gasteiger charge is -2.03. The highest BCUT2D eigenvalue weighted by Gasteiger charge is 1.95. The molecule has 0 unspecified atom stereocenters. The van der Waals surface area contributed by atoms with Crippen LogP contribution in [0.5, 0.6) is 0 Å². The molecule has 154 valence electrons. The van der Waals surface area contributed by atoms with Crippen molar-refractivity contribution in [3.05, 3.63) is 12.2 Å². The SMILES string of the molecule is CCCCCCCCCCCCCCCCCCCCC=CC(=O)OC. The molecule has 0 radical (unpaired) electrons. The molecule has 0 aromatic carbocycles. The van der Waals surface area contributed by atoms with Gasteiger partial charge >= 0.3 is 5.97 Å². The molecular formula is C24H46O2. The van der Waals surface area contributed by atoms with Crippen molar-refractivity contribution in [2.24, 2.45) is 0 Å². The van der Waals surface area contributed by atoms with Gasteiger partial charge in [0.15, 0.2) is 0 Å². The second-order valence-electron chi connectivity index (χ2n) is 7.72. The van der Waals surface area contributed by atoms with Crippen LogP contribution < -0.4 is 0 Å². The first-order valence-corrected chi connectivity index (χ1v) is 11.6. The molecule has 0 saturated carbocycles. The highest BCUT2D eigenvalue weighted by molar-refractivity contribution is 5.81. The zero-order valence-corrected chi connectivity index (χ0v) is 17.9. The Morgan fingerprint density at radius 2 is 0.962 bits per heavy atom. The van der Waals surface area contributed by atoms with E-state index in [0.717, 1.165) is 6.42 Å². The predicted molar refractivity (Wildman–Crippen MR) is 115 cm³/mol. The minimum absolute atomic E-state index is 0.243. The standard InChI is InChI=1S/C24H46O2/c1-3-4-5-6-7-8-9-10-11-12-13-14-15-16-17-18-19-20-21-22-23-24(25)26-2/h22-23H,3-21H2,1-2H3. The number of rotatable bonds is 20. The van der Waals surface area contributed by atoms with Gasteiger partial charge in [-0.3, -0.25) is 0 Å². The largest absolute Gasteiger partial charge is 0.466 e. The van der Waals surface area contributed by atoms with Crippen LogP contribution in [0, 0.1) is 0 Å². The molecule has 0 aromatic heterocycles. The zero-order chi connectivity index (χ0) is 19.1. The molecule has 0 saturated heterocycles. The van der Waals surface area contributed by atoms with Crippen LogP contribution in [0.25, 0.3) is 0 Å². The van der Waals surface area contributed by atoms with Crippen LogP contribution >= 0.6 is 0 Å². The first-order valence-electron chi connectivity index (χ1n) is 11.6. The molecule has 0 aliphatic heterocycles. The van der Waals surface area contributed by atoms with Crippen molar-refractivity contribution in [3.63, 3.8) is 0 Å². The summed E-state index contributed by atoms with van der Waals surface area (Å²) >= 11 is 0. The molecule has 0 fully saturated rings. The summed E-state index contributed by atoms with van der Waals surface area (Å²) in [6.07, 6.45) is 29.7. The predicted octanol–water partition coefficient (Wildman–Crippen LogP) is 8.15. The van der Waals surface area contributed by atoms with Gasteiger partial charge < -0.3 is 4.74 Å². The van der Waals surface area contributed by atoms with Crippen molar-refractivity contribution >= 4 is 5.97 Å². The maximum atomic E-state index is 10.9. The zero-order valence-electron chi connectivity index (χ0n) is 17.9. The fraction of sp³-hybridized carbons (Fsp3) is 0.875. The molecule has 0 N–H and O–H groups in total. The van der Waals surface area contributed by atoms with E-state index in [0.29, 0.717) is 0 Å². The van der Waals surface area contributed by atoms with Crippen molar-refractivity contribution in [1.29, 1.82) is 0 Å². The molecule has 26 heavy (non-hydrogen) atoms. The Hall–Kier alpha value is -0.790. The summed E-state index contributed by atoms with van der Waals surface area (Å²) in [6.45, 7) is 2.29. The minimum Gasteiger partial charge on any atom is -0.466 e. The summed E-state index contributed by atoms with van der Waals surface area (Å²) in [7, 11) is 1.42. The van der Waals surface area contributed by atoms with E-state index in [1.807, 2.05) is 6.08 Å². The lowest BCUT2D eigenvalue weighted by Crippen LogP contribution is -1.93. The Morgan fingerprint density at radius 3 is 1.31 bits per heavy atom. The maximum Gasteiger partial charge on any atom is 0.330 e. The molecule has 0 heterocycles. The van der Waals surface area contributed by atoms with E-state index in [-0.39, 0.29) is 5.97 Å². The summed E-state index contributed by atoms with van der Waals surface area (Å²) in [4.78, 5) is 10.9. The number of ether oxygens (including phenoxy) is 1. The van der Waals surface area contributed by atoms with E-state index in [9.17, 15) is 4.79 Å². The number of methoxy groups -OCH3 is 1. The summed E-state index contributed by atoms with van der Waals surface area (Å²) in [5.41, 5.74) is 0. The van der Waals surface area contributed by atoms with Gasteiger partial charge in [-0.2, -0.15) is 0 Å². The Bertz CT molecular complexity index is 309. The fourth-order valence-electron chi connectivity index (χ4n) is 3.41. The monoisotopic (exact) mass is 366 g/mol. The molecule has 0 aliphatic carbocycles. The van der Waals surface area contributed by atoms with Gasteiger partial charge in [-0.25, -0.2) is 4.79 Å². The quantitative estimate of drug-likeness (QED) is 0.123. The number of unbranched alkanes of at least 4 members (excludes halogenated alkanes) is 18. The van der Waals surface area contributed by atoms with Gasteiger partial charge in [0, 0.05) is 6.08 Å². The lowest BCUT2D eigenvalue weighted by molar-refractivity contribution is -0.134. The van der Waals surface area contributed by atoms with Gasteiger partial charge in [-0.1, -0.05) is 122 Å². The molecule has 0 aromatic rings. The molecule has 2 nitrogen and oxygen atoms in total. The molecule has 0 aliphatic rings. The first-order chi connectivity index (χ1) is 12.8. The van der Waals surface area contributed by atoms with E-state index >= 15 is 0 Å². The first kappa shape index (κ1) is 25.2. The van der Waals surface area contributed by atoms with E-state index < -0.39 is 0 Å². The summed E-state index contributed by atoms with van der Waals surface area (Å²) in [5, 5.41) is 0. The summed E-state index contributed by atoms with van der Waals surface area (Å²) in [5.74, 6) is -0.243. The number of allylic oxidation sites excluding steroid dienone is 1. The number of hydrogen-bond acceptors (Lipinski definition) is 2. The van der Waals surface area contributed by atoms with Gasteiger partial charge in [0.2, 0.25) is 0 Å². The van der Waals surface area contributed by atoms with Crippen LogP contribution in [0.2, 0.25) is 0 Å². The molecule has 0 bridgehead atoms. The summed E-state index contributed by atoms with van der Waals surface area (Å²) in [6, 6.07) is 0. The van der Waals surface area contributed by atoms with E-state index in [1.165, 1.54) is 129 Å². The Kier molecular flexibility index (Phi) is 21.6. The molecule has 0 rings (SSSR count). The topological polar surface area (TPSA) is 26.3 Å². The van der Waals surface area contributed by atoms with E-state index in [4.69, 9.17) is 0 Å².